The summed E-state index contributed by atoms with van der Waals surface area (Å²) in [4.78, 5) is 31.7. The fourth-order valence-electron chi connectivity index (χ4n) is 4.53. The molecule has 3 aromatic heterocycles. The number of amides is 1. The fourth-order valence-corrected chi connectivity index (χ4v) is 4.53. The minimum atomic E-state index is 0.0140. The number of likely N-dealkylation sites (tertiary alicyclic amines) is 1. The quantitative estimate of drug-likeness (QED) is 0.676. The van der Waals surface area contributed by atoms with Crippen LogP contribution < -0.4 is 5.56 Å². The number of rotatable bonds is 3. The molecule has 3 aromatic rings. The minimum Gasteiger partial charge on any atom is -0.341 e. The van der Waals surface area contributed by atoms with E-state index >= 15 is 0 Å². The third kappa shape index (κ3) is 3.24. The summed E-state index contributed by atoms with van der Waals surface area (Å²) in [6, 6.07) is 7.59. The lowest BCUT2D eigenvalue weighted by atomic mass is 9.82. The average molecular weight is 391 g/mol. The lowest BCUT2D eigenvalue weighted by molar-refractivity contribution is -0.133. The Labute approximate surface area is 167 Å². The summed E-state index contributed by atoms with van der Waals surface area (Å²) >= 11 is 0. The summed E-state index contributed by atoms with van der Waals surface area (Å²) in [6.45, 7) is 3.70. The molecule has 1 saturated heterocycles. The first-order chi connectivity index (χ1) is 14.1. The number of aryl methyl sites for hydroxylation is 1. The van der Waals surface area contributed by atoms with Crippen LogP contribution in [0.4, 0.5) is 0 Å². The van der Waals surface area contributed by atoms with Crippen molar-refractivity contribution in [3.8, 4) is 11.1 Å². The van der Waals surface area contributed by atoms with Crippen molar-refractivity contribution in [1.29, 1.82) is 0 Å². The predicted molar refractivity (Wildman–Crippen MR) is 104 cm³/mol. The van der Waals surface area contributed by atoms with Gasteiger partial charge in [-0.25, -0.2) is 4.63 Å². The van der Waals surface area contributed by atoms with Gasteiger partial charge in [0.05, 0.1) is 6.42 Å². The standard InChI is InChI=1S/C21H21N5O3/c1-13-18(24-29-23-13)8-20(27)25-10-14-5-17(12-25)19-6-16(7-21(28)26(19)11-14)15-3-2-4-22-9-15/h2-4,6-7,9,14,17H,5,8,10-12H2,1H3/t14-,17+/m0/s1. The zero-order valence-corrected chi connectivity index (χ0v) is 16.1. The highest BCUT2D eigenvalue weighted by Crippen LogP contribution is 2.36. The highest BCUT2D eigenvalue weighted by Gasteiger charge is 2.36. The number of nitrogens with zero attached hydrogens (tertiary/aromatic N) is 5. The Bertz CT molecular complexity index is 1120. The SMILES string of the molecule is Cc1nonc1CC(=O)N1C[C@@H]2C[C@H](C1)c1cc(-c3cccnc3)cc(=O)n1C2. The molecule has 1 fully saturated rings. The molecule has 2 atom stereocenters. The third-order valence-corrected chi connectivity index (χ3v) is 5.97. The number of aromatic nitrogens is 4. The Morgan fingerprint density at radius 2 is 2.10 bits per heavy atom. The zero-order valence-electron chi connectivity index (χ0n) is 16.1. The van der Waals surface area contributed by atoms with Crippen LogP contribution >= 0.6 is 0 Å². The van der Waals surface area contributed by atoms with Crippen LogP contribution in [0, 0.1) is 12.8 Å². The second-order valence-corrected chi connectivity index (χ2v) is 7.93. The molecule has 8 heteroatoms. The van der Waals surface area contributed by atoms with E-state index in [9.17, 15) is 9.59 Å². The molecule has 0 radical (unpaired) electrons. The minimum absolute atomic E-state index is 0.0140. The number of pyridine rings is 2. The van der Waals surface area contributed by atoms with E-state index in [4.69, 9.17) is 4.63 Å². The second kappa shape index (κ2) is 6.95. The molecule has 0 spiro atoms. The van der Waals surface area contributed by atoms with Crippen molar-refractivity contribution in [2.24, 2.45) is 5.92 Å². The van der Waals surface area contributed by atoms with Gasteiger partial charge in [-0.2, -0.15) is 0 Å². The first kappa shape index (κ1) is 17.8. The highest BCUT2D eigenvalue weighted by molar-refractivity contribution is 5.78. The van der Waals surface area contributed by atoms with E-state index in [1.807, 2.05) is 21.6 Å². The summed E-state index contributed by atoms with van der Waals surface area (Å²) < 4.78 is 6.59. The van der Waals surface area contributed by atoms with Crippen molar-refractivity contribution in [3.05, 3.63) is 64.1 Å². The zero-order chi connectivity index (χ0) is 20.0. The lowest BCUT2D eigenvalue weighted by Crippen LogP contribution is -2.49. The van der Waals surface area contributed by atoms with Crippen LogP contribution in [-0.2, 0) is 17.8 Å². The van der Waals surface area contributed by atoms with Crippen molar-refractivity contribution >= 4 is 5.91 Å². The van der Waals surface area contributed by atoms with Crippen LogP contribution in [0.1, 0.15) is 29.4 Å². The lowest BCUT2D eigenvalue weighted by Gasteiger charge is -2.43. The van der Waals surface area contributed by atoms with Crippen LogP contribution in [-0.4, -0.2) is 43.8 Å². The number of hydrogen-bond acceptors (Lipinski definition) is 6. The van der Waals surface area contributed by atoms with Gasteiger partial charge in [-0.15, -0.1) is 0 Å². The monoisotopic (exact) mass is 391 g/mol. The number of carbonyl (C=O) groups is 1. The Morgan fingerprint density at radius 1 is 1.21 bits per heavy atom. The van der Waals surface area contributed by atoms with Crippen molar-refractivity contribution in [2.75, 3.05) is 13.1 Å². The molecule has 5 rings (SSSR count). The molecule has 0 aromatic carbocycles. The molecular weight excluding hydrogens is 370 g/mol. The summed E-state index contributed by atoms with van der Waals surface area (Å²) in [5.41, 5.74) is 4.05. The van der Waals surface area contributed by atoms with E-state index in [1.165, 1.54) is 0 Å². The predicted octanol–water partition coefficient (Wildman–Crippen LogP) is 1.79. The van der Waals surface area contributed by atoms with Gasteiger partial charge in [0.15, 0.2) is 0 Å². The van der Waals surface area contributed by atoms with Gasteiger partial charge in [0.25, 0.3) is 5.56 Å². The molecule has 2 aliphatic heterocycles. The number of hydrogen-bond donors (Lipinski definition) is 0. The van der Waals surface area contributed by atoms with E-state index < -0.39 is 0 Å². The van der Waals surface area contributed by atoms with Crippen molar-refractivity contribution < 1.29 is 9.42 Å². The summed E-state index contributed by atoms with van der Waals surface area (Å²) in [7, 11) is 0. The molecule has 2 bridgehead atoms. The Balaban J connectivity index is 1.43. The summed E-state index contributed by atoms with van der Waals surface area (Å²) in [6.07, 6.45) is 4.67. The highest BCUT2D eigenvalue weighted by atomic mass is 16.6. The molecule has 29 heavy (non-hydrogen) atoms. The molecule has 148 valence electrons. The maximum Gasteiger partial charge on any atom is 0.251 e. The molecule has 0 unspecified atom stereocenters. The topological polar surface area (TPSA) is 94.1 Å². The summed E-state index contributed by atoms with van der Waals surface area (Å²) in [5.74, 6) is 0.452. The van der Waals surface area contributed by atoms with Crippen molar-refractivity contribution in [2.45, 2.75) is 32.2 Å². The van der Waals surface area contributed by atoms with Gasteiger partial charge in [0, 0.05) is 55.3 Å². The largest absolute Gasteiger partial charge is 0.341 e. The van der Waals surface area contributed by atoms with Gasteiger partial charge < -0.3 is 9.47 Å². The summed E-state index contributed by atoms with van der Waals surface area (Å²) in [5, 5.41) is 7.58. The molecule has 0 aliphatic carbocycles. The van der Waals surface area contributed by atoms with E-state index in [0.717, 1.165) is 23.2 Å². The first-order valence-electron chi connectivity index (χ1n) is 9.79. The molecule has 2 aliphatic rings. The Hall–Kier alpha value is -3.29. The number of carbonyl (C=O) groups excluding carboxylic acids is 1. The maximum absolute atomic E-state index is 12.9. The van der Waals surface area contributed by atoms with Crippen LogP contribution in [0.25, 0.3) is 11.1 Å². The molecule has 1 amide bonds. The Morgan fingerprint density at radius 3 is 2.86 bits per heavy atom. The Kier molecular flexibility index (Phi) is 4.26. The molecule has 0 saturated carbocycles. The van der Waals surface area contributed by atoms with Gasteiger partial charge in [0.1, 0.15) is 11.4 Å². The van der Waals surface area contributed by atoms with Gasteiger partial charge in [-0.3, -0.25) is 14.6 Å². The van der Waals surface area contributed by atoms with Crippen LogP contribution in [0.15, 0.2) is 46.1 Å². The first-order valence-corrected chi connectivity index (χ1v) is 9.79. The van der Waals surface area contributed by atoms with E-state index in [1.54, 1.807) is 25.4 Å². The van der Waals surface area contributed by atoms with E-state index in [0.29, 0.717) is 31.0 Å². The second-order valence-electron chi connectivity index (χ2n) is 7.93. The van der Waals surface area contributed by atoms with E-state index in [2.05, 4.69) is 21.4 Å². The molecule has 0 N–H and O–H groups in total. The van der Waals surface area contributed by atoms with E-state index in [-0.39, 0.29) is 29.7 Å². The smallest absolute Gasteiger partial charge is 0.251 e. The normalized spacial score (nSPS) is 20.4. The molecule has 5 heterocycles. The average Bonchev–Trinajstić information content (AvgIpc) is 3.13. The van der Waals surface area contributed by atoms with Gasteiger partial charge in [-0.05, 0) is 37.0 Å². The molecular formula is C21H21N5O3. The van der Waals surface area contributed by atoms with Gasteiger partial charge in [0.2, 0.25) is 5.91 Å². The van der Waals surface area contributed by atoms with Gasteiger partial charge >= 0.3 is 0 Å². The van der Waals surface area contributed by atoms with Gasteiger partial charge in [-0.1, -0.05) is 16.4 Å². The van der Waals surface area contributed by atoms with Crippen molar-refractivity contribution in [3.63, 3.8) is 0 Å². The number of fused-ring (bicyclic) bond motifs is 4. The third-order valence-electron chi connectivity index (χ3n) is 5.97. The maximum atomic E-state index is 12.9. The number of piperidine rings is 1. The fraction of sp³-hybridized carbons (Fsp3) is 0.381. The van der Waals surface area contributed by atoms with Crippen molar-refractivity contribution in [1.82, 2.24) is 24.8 Å². The molecule has 8 nitrogen and oxygen atoms in total. The van der Waals surface area contributed by atoms with Crippen LogP contribution in [0.3, 0.4) is 0 Å². The van der Waals surface area contributed by atoms with Crippen LogP contribution in [0.5, 0.6) is 0 Å². The van der Waals surface area contributed by atoms with Crippen LogP contribution in [0.2, 0.25) is 0 Å².